The fraction of sp³-hybridized carbons (Fsp3) is 0.500. The first-order valence-electron chi connectivity index (χ1n) is 7.00. The van der Waals surface area contributed by atoms with E-state index < -0.39 is 0 Å². The van der Waals surface area contributed by atoms with Crippen LogP contribution in [0, 0.1) is 26.7 Å². The Morgan fingerprint density at radius 3 is 2.20 bits per heavy atom. The molecule has 0 aliphatic rings. The van der Waals surface area contributed by atoms with Gasteiger partial charge in [0.15, 0.2) is 5.82 Å². The summed E-state index contributed by atoms with van der Waals surface area (Å²) in [5.74, 6) is 2.70. The normalized spacial score (nSPS) is 11.3. The van der Waals surface area contributed by atoms with Crippen LogP contribution in [0.25, 0.3) is 11.4 Å². The Kier molecular flexibility index (Phi) is 4.48. The zero-order valence-electron chi connectivity index (χ0n) is 12.9. The SMILES string of the molecule is Cc1cc(C)c(-c2nnc(CCl)n2CC(C)C)c(C)c1. The standard InChI is InChI=1S/C16H22ClN3/c1-10(2)9-20-14(8-17)18-19-16(20)15-12(4)6-11(3)7-13(15)5/h6-7,10H,8-9H2,1-5H3. The van der Waals surface area contributed by atoms with Gasteiger partial charge in [0.2, 0.25) is 0 Å². The average molecular weight is 292 g/mol. The Labute approximate surface area is 126 Å². The largest absolute Gasteiger partial charge is 0.310 e. The average Bonchev–Trinajstić information content (AvgIpc) is 2.70. The summed E-state index contributed by atoms with van der Waals surface area (Å²) >= 11 is 6.00. The van der Waals surface area contributed by atoms with E-state index in [1.165, 1.54) is 22.3 Å². The van der Waals surface area contributed by atoms with Gasteiger partial charge in [-0.1, -0.05) is 31.5 Å². The summed E-state index contributed by atoms with van der Waals surface area (Å²) in [7, 11) is 0. The monoisotopic (exact) mass is 291 g/mol. The number of halogens is 1. The van der Waals surface area contributed by atoms with Gasteiger partial charge in [-0.25, -0.2) is 0 Å². The summed E-state index contributed by atoms with van der Waals surface area (Å²) in [6, 6.07) is 4.38. The molecule has 1 aromatic carbocycles. The molecule has 0 spiro atoms. The molecule has 20 heavy (non-hydrogen) atoms. The van der Waals surface area contributed by atoms with E-state index in [1.54, 1.807) is 0 Å². The lowest BCUT2D eigenvalue weighted by Gasteiger charge is -2.15. The summed E-state index contributed by atoms with van der Waals surface area (Å²) in [6.45, 7) is 11.6. The molecule has 0 saturated carbocycles. The fourth-order valence-electron chi connectivity index (χ4n) is 2.71. The molecule has 0 saturated heterocycles. The number of aromatic nitrogens is 3. The molecule has 0 aliphatic heterocycles. The van der Waals surface area contributed by atoms with Crippen molar-refractivity contribution in [2.24, 2.45) is 5.92 Å². The van der Waals surface area contributed by atoms with Crippen LogP contribution in [0.2, 0.25) is 0 Å². The predicted octanol–water partition coefficient (Wildman–Crippen LogP) is 4.27. The molecule has 0 aliphatic carbocycles. The molecular formula is C16H22ClN3. The molecule has 0 amide bonds. The Hall–Kier alpha value is -1.35. The van der Waals surface area contributed by atoms with Crippen molar-refractivity contribution in [3.8, 4) is 11.4 Å². The van der Waals surface area contributed by atoms with Gasteiger partial charge in [-0.15, -0.1) is 21.8 Å². The van der Waals surface area contributed by atoms with Crippen molar-refractivity contribution in [3.05, 3.63) is 34.6 Å². The molecule has 1 heterocycles. The zero-order chi connectivity index (χ0) is 14.9. The number of nitrogens with zero attached hydrogens (tertiary/aromatic N) is 3. The topological polar surface area (TPSA) is 30.7 Å². The number of hydrogen-bond acceptors (Lipinski definition) is 2. The first kappa shape index (κ1) is 15.0. The maximum atomic E-state index is 6.00. The van der Waals surface area contributed by atoms with E-state index >= 15 is 0 Å². The molecule has 0 radical (unpaired) electrons. The van der Waals surface area contributed by atoms with Gasteiger partial charge < -0.3 is 4.57 Å². The molecule has 0 fully saturated rings. The van der Waals surface area contributed by atoms with Crippen LogP contribution < -0.4 is 0 Å². The van der Waals surface area contributed by atoms with Gasteiger partial charge in [-0.3, -0.25) is 0 Å². The molecule has 0 bridgehead atoms. The highest BCUT2D eigenvalue weighted by molar-refractivity contribution is 6.16. The van der Waals surface area contributed by atoms with E-state index in [4.69, 9.17) is 11.6 Å². The highest BCUT2D eigenvalue weighted by Crippen LogP contribution is 2.28. The van der Waals surface area contributed by atoms with Crippen molar-refractivity contribution in [2.75, 3.05) is 0 Å². The van der Waals surface area contributed by atoms with Gasteiger partial charge in [-0.05, 0) is 37.8 Å². The van der Waals surface area contributed by atoms with Crippen molar-refractivity contribution in [2.45, 2.75) is 47.0 Å². The van der Waals surface area contributed by atoms with Gasteiger partial charge in [0, 0.05) is 12.1 Å². The third kappa shape index (κ3) is 2.88. The molecule has 2 aromatic rings. The maximum Gasteiger partial charge on any atom is 0.164 e. The lowest BCUT2D eigenvalue weighted by atomic mass is 9.99. The van der Waals surface area contributed by atoms with Gasteiger partial charge in [-0.2, -0.15) is 0 Å². The first-order chi connectivity index (χ1) is 9.43. The summed E-state index contributed by atoms with van der Waals surface area (Å²) in [5, 5.41) is 8.64. The van der Waals surface area contributed by atoms with Gasteiger partial charge in [0.05, 0.1) is 5.88 Å². The molecule has 2 rings (SSSR count). The van der Waals surface area contributed by atoms with Crippen LogP contribution >= 0.6 is 11.6 Å². The Morgan fingerprint density at radius 1 is 1.10 bits per heavy atom. The first-order valence-corrected chi connectivity index (χ1v) is 7.53. The predicted molar refractivity (Wildman–Crippen MR) is 84.1 cm³/mol. The highest BCUT2D eigenvalue weighted by atomic mass is 35.5. The van der Waals surface area contributed by atoms with E-state index in [0.29, 0.717) is 11.8 Å². The summed E-state index contributed by atoms with van der Waals surface area (Å²) in [6.07, 6.45) is 0. The van der Waals surface area contributed by atoms with Crippen molar-refractivity contribution < 1.29 is 0 Å². The van der Waals surface area contributed by atoms with Gasteiger partial charge in [0.25, 0.3) is 0 Å². The number of aryl methyl sites for hydroxylation is 3. The summed E-state index contributed by atoms with van der Waals surface area (Å²) in [5.41, 5.74) is 4.93. The van der Waals surface area contributed by atoms with Gasteiger partial charge >= 0.3 is 0 Å². The second-order valence-electron chi connectivity index (χ2n) is 5.85. The number of hydrogen-bond donors (Lipinski definition) is 0. The third-order valence-corrected chi connectivity index (χ3v) is 3.63. The van der Waals surface area contributed by atoms with Crippen LogP contribution in [0.5, 0.6) is 0 Å². The van der Waals surface area contributed by atoms with Crippen LogP contribution in [-0.4, -0.2) is 14.8 Å². The van der Waals surface area contributed by atoms with Crippen LogP contribution in [0.1, 0.15) is 36.4 Å². The molecule has 0 atom stereocenters. The minimum Gasteiger partial charge on any atom is -0.310 e. The van der Waals surface area contributed by atoms with E-state index in [9.17, 15) is 0 Å². The Bertz CT molecular complexity index is 591. The molecule has 108 valence electrons. The van der Waals surface area contributed by atoms with Crippen LogP contribution in [0.15, 0.2) is 12.1 Å². The fourth-order valence-corrected chi connectivity index (χ4v) is 2.91. The summed E-state index contributed by atoms with van der Waals surface area (Å²) in [4.78, 5) is 0. The Balaban J connectivity index is 2.61. The zero-order valence-corrected chi connectivity index (χ0v) is 13.6. The lowest BCUT2D eigenvalue weighted by molar-refractivity contribution is 0.515. The molecular weight excluding hydrogens is 270 g/mol. The van der Waals surface area contributed by atoms with Crippen LogP contribution in [-0.2, 0) is 12.4 Å². The molecule has 0 unspecified atom stereocenters. The highest BCUT2D eigenvalue weighted by Gasteiger charge is 2.17. The van der Waals surface area contributed by atoms with Crippen molar-refractivity contribution in [3.63, 3.8) is 0 Å². The lowest BCUT2D eigenvalue weighted by Crippen LogP contribution is -2.10. The summed E-state index contributed by atoms with van der Waals surface area (Å²) < 4.78 is 2.16. The van der Waals surface area contributed by atoms with Crippen molar-refractivity contribution in [1.29, 1.82) is 0 Å². The minimum atomic E-state index is 0.393. The quantitative estimate of drug-likeness (QED) is 0.788. The minimum absolute atomic E-state index is 0.393. The molecule has 1 aromatic heterocycles. The van der Waals surface area contributed by atoms with Crippen LogP contribution in [0.4, 0.5) is 0 Å². The van der Waals surface area contributed by atoms with E-state index in [0.717, 1.165) is 18.2 Å². The third-order valence-electron chi connectivity index (χ3n) is 3.40. The maximum absolute atomic E-state index is 6.00. The van der Waals surface area contributed by atoms with E-state index in [-0.39, 0.29) is 0 Å². The Morgan fingerprint density at radius 2 is 1.70 bits per heavy atom. The van der Waals surface area contributed by atoms with E-state index in [1.807, 2.05) is 0 Å². The molecule has 3 nitrogen and oxygen atoms in total. The number of alkyl halides is 1. The second-order valence-corrected chi connectivity index (χ2v) is 6.12. The van der Waals surface area contributed by atoms with Crippen LogP contribution in [0.3, 0.4) is 0 Å². The smallest absolute Gasteiger partial charge is 0.164 e. The van der Waals surface area contributed by atoms with Crippen molar-refractivity contribution >= 4 is 11.6 Å². The number of rotatable bonds is 4. The van der Waals surface area contributed by atoms with Crippen molar-refractivity contribution in [1.82, 2.24) is 14.8 Å². The van der Waals surface area contributed by atoms with E-state index in [2.05, 4.69) is 61.5 Å². The van der Waals surface area contributed by atoms with Gasteiger partial charge in [0.1, 0.15) is 5.82 Å². The number of benzene rings is 1. The second kappa shape index (κ2) is 5.96. The molecule has 4 heteroatoms. The molecule has 0 N–H and O–H groups in total.